The van der Waals surface area contributed by atoms with Gasteiger partial charge in [0.25, 0.3) is 0 Å². The number of nitrogens with one attached hydrogen (secondary N) is 1. The molecule has 1 aromatic heterocycles. The van der Waals surface area contributed by atoms with Gasteiger partial charge in [-0.1, -0.05) is 17.7 Å². The van der Waals surface area contributed by atoms with Crippen molar-refractivity contribution in [2.75, 3.05) is 5.32 Å². The van der Waals surface area contributed by atoms with E-state index in [1.54, 1.807) is 19.2 Å². The molecule has 3 nitrogen and oxygen atoms in total. The van der Waals surface area contributed by atoms with Crippen molar-refractivity contribution in [2.24, 2.45) is 0 Å². The van der Waals surface area contributed by atoms with E-state index in [0.29, 0.717) is 12.2 Å². The summed E-state index contributed by atoms with van der Waals surface area (Å²) in [6.45, 7) is 1.80. The van der Waals surface area contributed by atoms with Crippen LogP contribution in [0.2, 0.25) is 0 Å². The van der Waals surface area contributed by atoms with E-state index in [9.17, 15) is 4.79 Å². The fourth-order valence-electron chi connectivity index (χ4n) is 0.779. The summed E-state index contributed by atoms with van der Waals surface area (Å²) < 4.78 is 0. The van der Waals surface area contributed by atoms with Crippen molar-refractivity contribution in [1.29, 1.82) is 0 Å². The number of pyridine rings is 1. The highest BCUT2D eigenvalue weighted by molar-refractivity contribution is 8.68. The van der Waals surface area contributed by atoms with Crippen molar-refractivity contribution in [1.82, 2.24) is 4.98 Å². The molecular weight excluding hydrogens is 204 g/mol. The molecule has 70 valence electrons. The molecule has 0 aliphatic rings. The molecule has 1 aromatic rings. The Bertz CT molecular complexity index is 304. The Morgan fingerprint density at radius 1 is 1.77 bits per heavy atom. The molecule has 0 saturated heterocycles. The SMILES string of the molecule is CCC(=O)Nc1ncccc1SS. The first-order chi connectivity index (χ1) is 6.27. The molecule has 1 heterocycles. The van der Waals surface area contributed by atoms with Crippen LogP contribution in [0.25, 0.3) is 0 Å². The number of carbonyl (C=O) groups is 1. The Morgan fingerprint density at radius 2 is 2.54 bits per heavy atom. The molecule has 13 heavy (non-hydrogen) atoms. The molecule has 1 amide bonds. The molecule has 1 rings (SSSR count). The Balaban J connectivity index is 2.81. The number of thiol groups is 1. The minimum atomic E-state index is -0.0395. The fourth-order valence-corrected chi connectivity index (χ4v) is 1.55. The molecule has 0 unspecified atom stereocenters. The number of rotatable bonds is 3. The first-order valence-corrected chi connectivity index (χ1v) is 5.71. The smallest absolute Gasteiger partial charge is 0.225 e. The van der Waals surface area contributed by atoms with Gasteiger partial charge in [0.15, 0.2) is 0 Å². The molecule has 0 aromatic carbocycles. The molecule has 0 aliphatic carbocycles. The molecule has 0 spiro atoms. The first-order valence-electron chi connectivity index (χ1n) is 3.84. The van der Waals surface area contributed by atoms with Gasteiger partial charge in [-0.15, -0.1) is 11.7 Å². The van der Waals surface area contributed by atoms with E-state index in [4.69, 9.17) is 0 Å². The van der Waals surface area contributed by atoms with Crippen molar-refractivity contribution in [3.8, 4) is 0 Å². The average molecular weight is 214 g/mol. The zero-order valence-electron chi connectivity index (χ0n) is 7.15. The van der Waals surface area contributed by atoms with Gasteiger partial charge >= 0.3 is 0 Å². The highest BCUT2D eigenvalue weighted by Gasteiger charge is 2.04. The molecule has 0 radical (unpaired) electrons. The summed E-state index contributed by atoms with van der Waals surface area (Å²) >= 11 is 4.06. The standard InChI is InChI=1S/C8H10N2OS2/c1-2-7(11)10-8-6(13-12)4-3-5-9-8/h3-5,12H,2H2,1H3,(H,9,10,11). The minimum absolute atomic E-state index is 0.0395. The van der Waals surface area contributed by atoms with Gasteiger partial charge in [0.1, 0.15) is 5.82 Å². The van der Waals surface area contributed by atoms with E-state index in [0.717, 1.165) is 4.90 Å². The Hall–Kier alpha value is -0.680. The molecule has 5 heteroatoms. The summed E-state index contributed by atoms with van der Waals surface area (Å²) in [5.41, 5.74) is 0. The maximum absolute atomic E-state index is 11.1. The van der Waals surface area contributed by atoms with E-state index in [-0.39, 0.29) is 5.91 Å². The third kappa shape index (κ3) is 2.93. The van der Waals surface area contributed by atoms with Gasteiger partial charge in [-0.3, -0.25) is 4.79 Å². The van der Waals surface area contributed by atoms with Crippen LogP contribution in [-0.4, -0.2) is 10.9 Å². The summed E-state index contributed by atoms with van der Waals surface area (Å²) in [5, 5.41) is 2.69. The lowest BCUT2D eigenvalue weighted by molar-refractivity contribution is -0.115. The zero-order valence-corrected chi connectivity index (χ0v) is 8.86. The fraction of sp³-hybridized carbons (Fsp3) is 0.250. The van der Waals surface area contributed by atoms with Crippen LogP contribution in [0.5, 0.6) is 0 Å². The normalized spacial score (nSPS) is 9.69. The second kappa shape index (κ2) is 5.14. The van der Waals surface area contributed by atoms with Crippen LogP contribution in [0.1, 0.15) is 13.3 Å². The van der Waals surface area contributed by atoms with E-state index < -0.39 is 0 Å². The summed E-state index contributed by atoms with van der Waals surface area (Å²) in [6, 6.07) is 3.66. The van der Waals surface area contributed by atoms with Crippen LogP contribution in [-0.2, 0) is 4.79 Å². The topological polar surface area (TPSA) is 42.0 Å². The van der Waals surface area contributed by atoms with Crippen molar-refractivity contribution in [2.45, 2.75) is 18.2 Å². The average Bonchev–Trinajstić information content (AvgIpc) is 2.18. The predicted molar refractivity (Wildman–Crippen MR) is 58.0 cm³/mol. The predicted octanol–water partition coefficient (Wildman–Crippen LogP) is 2.37. The molecule has 1 N–H and O–H groups in total. The number of hydrogen-bond acceptors (Lipinski definition) is 4. The van der Waals surface area contributed by atoms with Crippen LogP contribution >= 0.6 is 22.5 Å². The van der Waals surface area contributed by atoms with Crippen molar-refractivity contribution in [3.05, 3.63) is 18.3 Å². The van der Waals surface area contributed by atoms with Gasteiger partial charge in [-0.25, -0.2) is 4.98 Å². The highest BCUT2D eigenvalue weighted by Crippen LogP contribution is 2.27. The lowest BCUT2D eigenvalue weighted by Gasteiger charge is -2.05. The zero-order chi connectivity index (χ0) is 9.68. The van der Waals surface area contributed by atoms with Crippen molar-refractivity contribution >= 4 is 34.2 Å². The minimum Gasteiger partial charge on any atom is -0.310 e. The summed E-state index contributed by atoms with van der Waals surface area (Å²) in [7, 11) is 1.27. The third-order valence-corrected chi connectivity index (χ3v) is 2.56. The number of amides is 1. The highest BCUT2D eigenvalue weighted by atomic mass is 33.1. The number of nitrogens with zero attached hydrogens (tertiary/aromatic N) is 1. The largest absolute Gasteiger partial charge is 0.310 e. The van der Waals surface area contributed by atoms with E-state index in [1.807, 2.05) is 6.07 Å². The third-order valence-electron chi connectivity index (χ3n) is 1.45. The molecule has 0 saturated carbocycles. The molecular formula is C8H10N2OS2. The molecule has 0 aliphatic heterocycles. The molecule has 0 bridgehead atoms. The number of hydrogen-bond donors (Lipinski definition) is 2. The van der Waals surface area contributed by atoms with Crippen LogP contribution in [0, 0.1) is 0 Å². The Labute approximate surface area is 86.1 Å². The summed E-state index contributed by atoms with van der Waals surface area (Å²) in [6.07, 6.45) is 2.09. The van der Waals surface area contributed by atoms with E-state index in [2.05, 4.69) is 22.0 Å². The van der Waals surface area contributed by atoms with Crippen LogP contribution in [0.4, 0.5) is 5.82 Å². The van der Waals surface area contributed by atoms with E-state index in [1.165, 1.54) is 10.8 Å². The van der Waals surface area contributed by atoms with Crippen LogP contribution in [0.3, 0.4) is 0 Å². The monoisotopic (exact) mass is 214 g/mol. The van der Waals surface area contributed by atoms with Crippen LogP contribution < -0.4 is 5.32 Å². The van der Waals surface area contributed by atoms with Crippen molar-refractivity contribution in [3.63, 3.8) is 0 Å². The Kier molecular flexibility index (Phi) is 4.11. The second-order valence-corrected chi connectivity index (χ2v) is 3.51. The Morgan fingerprint density at radius 3 is 3.15 bits per heavy atom. The lowest BCUT2D eigenvalue weighted by atomic mass is 10.4. The van der Waals surface area contributed by atoms with Gasteiger partial charge in [0, 0.05) is 12.6 Å². The van der Waals surface area contributed by atoms with Crippen LogP contribution in [0.15, 0.2) is 23.2 Å². The second-order valence-electron chi connectivity index (χ2n) is 2.34. The number of anilines is 1. The van der Waals surface area contributed by atoms with Gasteiger partial charge in [-0.2, -0.15) is 0 Å². The van der Waals surface area contributed by atoms with Gasteiger partial charge in [0.2, 0.25) is 5.91 Å². The van der Waals surface area contributed by atoms with Gasteiger partial charge < -0.3 is 5.32 Å². The molecule has 0 fully saturated rings. The summed E-state index contributed by atoms with van der Waals surface area (Å²) in [4.78, 5) is 16.0. The maximum atomic E-state index is 11.1. The number of aromatic nitrogens is 1. The number of carbonyl (C=O) groups excluding carboxylic acids is 1. The first kappa shape index (κ1) is 10.4. The van der Waals surface area contributed by atoms with Gasteiger partial charge in [0.05, 0.1) is 4.90 Å². The van der Waals surface area contributed by atoms with Crippen molar-refractivity contribution < 1.29 is 4.79 Å². The van der Waals surface area contributed by atoms with Gasteiger partial charge in [-0.05, 0) is 12.1 Å². The lowest BCUT2D eigenvalue weighted by Crippen LogP contribution is -2.11. The maximum Gasteiger partial charge on any atom is 0.225 e. The molecule has 0 atom stereocenters. The quantitative estimate of drug-likeness (QED) is 0.599. The van der Waals surface area contributed by atoms with E-state index >= 15 is 0 Å². The summed E-state index contributed by atoms with van der Waals surface area (Å²) in [5.74, 6) is 0.539.